The van der Waals surface area contributed by atoms with Gasteiger partial charge in [0.05, 0.1) is 0 Å². The second-order valence-electron chi connectivity index (χ2n) is 4.54. The summed E-state index contributed by atoms with van der Waals surface area (Å²) < 4.78 is 0. The van der Waals surface area contributed by atoms with E-state index in [-0.39, 0.29) is 0 Å². The van der Waals surface area contributed by atoms with Crippen LogP contribution in [0.2, 0.25) is 0 Å². The van der Waals surface area contributed by atoms with E-state index in [0.29, 0.717) is 12.6 Å². The normalized spacial score (nSPS) is 13.1. The standard InChI is InChI=1S/C16H22N2/c1-3-18(4-2)16(12-17)15-11-7-9-13-8-5-6-10-14(13)15/h5-11,16H,3-4,12,17H2,1-2H3. The van der Waals surface area contributed by atoms with E-state index in [9.17, 15) is 0 Å². The van der Waals surface area contributed by atoms with Gasteiger partial charge in [-0.15, -0.1) is 0 Å². The Labute approximate surface area is 109 Å². The molecule has 18 heavy (non-hydrogen) atoms. The summed E-state index contributed by atoms with van der Waals surface area (Å²) in [6.45, 7) is 7.10. The zero-order chi connectivity index (χ0) is 13.0. The molecule has 0 amide bonds. The molecule has 0 spiro atoms. The lowest BCUT2D eigenvalue weighted by Crippen LogP contribution is -2.33. The van der Waals surface area contributed by atoms with Crippen LogP contribution in [-0.2, 0) is 0 Å². The monoisotopic (exact) mass is 242 g/mol. The van der Waals surface area contributed by atoms with E-state index in [2.05, 4.69) is 61.2 Å². The van der Waals surface area contributed by atoms with Crippen molar-refractivity contribution in [2.75, 3.05) is 19.6 Å². The molecule has 2 aromatic carbocycles. The van der Waals surface area contributed by atoms with Crippen LogP contribution in [0.25, 0.3) is 10.8 Å². The van der Waals surface area contributed by atoms with Crippen LogP contribution >= 0.6 is 0 Å². The van der Waals surface area contributed by atoms with Gasteiger partial charge in [-0.05, 0) is 29.4 Å². The van der Waals surface area contributed by atoms with E-state index >= 15 is 0 Å². The number of hydrogen-bond donors (Lipinski definition) is 1. The highest BCUT2D eigenvalue weighted by molar-refractivity contribution is 5.86. The lowest BCUT2D eigenvalue weighted by Gasteiger charge is -2.29. The van der Waals surface area contributed by atoms with Crippen molar-refractivity contribution >= 4 is 10.8 Å². The van der Waals surface area contributed by atoms with E-state index in [1.54, 1.807) is 0 Å². The Morgan fingerprint density at radius 3 is 2.33 bits per heavy atom. The summed E-state index contributed by atoms with van der Waals surface area (Å²) in [5.41, 5.74) is 7.35. The van der Waals surface area contributed by atoms with Crippen LogP contribution in [0, 0.1) is 0 Å². The fourth-order valence-corrected chi connectivity index (χ4v) is 2.68. The molecule has 0 aliphatic carbocycles. The van der Waals surface area contributed by atoms with Gasteiger partial charge in [-0.3, -0.25) is 4.90 Å². The summed E-state index contributed by atoms with van der Waals surface area (Å²) in [6, 6.07) is 15.3. The molecule has 0 aromatic heterocycles. The van der Waals surface area contributed by atoms with Crippen molar-refractivity contribution in [3.05, 3.63) is 48.0 Å². The molecular formula is C16H22N2. The molecule has 1 atom stereocenters. The minimum Gasteiger partial charge on any atom is -0.329 e. The molecule has 1 unspecified atom stereocenters. The predicted octanol–water partition coefficient (Wildman–Crippen LogP) is 3.18. The van der Waals surface area contributed by atoms with Crippen molar-refractivity contribution in [1.29, 1.82) is 0 Å². The van der Waals surface area contributed by atoms with E-state index in [4.69, 9.17) is 5.73 Å². The quantitative estimate of drug-likeness (QED) is 0.872. The number of nitrogens with zero attached hydrogens (tertiary/aromatic N) is 1. The largest absolute Gasteiger partial charge is 0.329 e. The number of benzene rings is 2. The molecule has 96 valence electrons. The third kappa shape index (κ3) is 2.40. The average Bonchev–Trinajstić information content (AvgIpc) is 2.44. The predicted molar refractivity (Wildman–Crippen MR) is 78.7 cm³/mol. The highest BCUT2D eigenvalue weighted by Crippen LogP contribution is 2.27. The molecule has 2 N–H and O–H groups in total. The maximum Gasteiger partial charge on any atom is 0.0476 e. The van der Waals surface area contributed by atoms with Crippen molar-refractivity contribution in [3.8, 4) is 0 Å². The fourth-order valence-electron chi connectivity index (χ4n) is 2.68. The Balaban J connectivity index is 2.51. The first-order valence-corrected chi connectivity index (χ1v) is 6.73. The molecule has 2 aromatic rings. The summed E-state index contributed by atoms with van der Waals surface area (Å²) in [5.74, 6) is 0. The van der Waals surface area contributed by atoms with Crippen LogP contribution in [0.15, 0.2) is 42.5 Å². The summed E-state index contributed by atoms with van der Waals surface area (Å²) in [7, 11) is 0. The molecule has 0 saturated carbocycles. The van der Waals surface area contributed by atoms with Crippen molar-refractivity contribution in [2.45, 2.75) is 19.9 Å². The second-order valence-corrected chi connectivity index (χ2v) is 4.54. The first-order valence-electron chi connectivity index (χ1n) is 6.73. The van der Waals surface area contributed by atoms with Crippen LogP contribution in [0.1, 0.15) is 25.5 Å². The van der Waals surface area contributed by atoms with Gasteiger partial charge in [-0.1, -0.05) is 56.3 Å². The Kier molecular flexibility index (Phi) is 4.34. The van der Waals surface area contributed by atoms with Crippen LogP contribution in [0.4, 0.5) is 0 Å². The number of fused-ring (bicyclic) bond motifs is 1. The Morgan fingerprint density at radius 2 is 1.67 bits per heavy atom. The number of likely N-dealkylation sites (N-methyl/N-ethyl adjacent to an activating group) is 1. The average molecular weight is 242 g/mol. The number of hydrogen-bond acceptors (Lipinski definition) is 2. The van der Waals surface area contributed by atoms with Gasteiger partial charge in [-0.25, -0.2) is 0 Å². The zero-order valence-corrected chi connectivity index (χ0v) is 11.3. The van der Waals surface area contributed by atoms with Crippen molar-refractivity contribution in [1.82, 2.24) is 4.90 Å². The summed E-state index contributed by atoms with van der Waals surface area (Å²) >= 11 is 0. The van der Waals surface area contributed by atoms with Crippen LogP contribution in [0.3, 0.4) is 0 Å². The Bertz CT molecular complexity index is 498. The molecule has 0 radical (unpaired) electrons. The van der Waals surface area contributed by atoms with Crippen molar-refractivity contribution in [2.24, 2.45) is 5.73 Å². The number of nitrogens with two attached hydrogens (primary N) is 1. The van der Waals surface area contributed by atoms with Gasteiger partial charge in [0.25, 0.3) is 0 Å². The molecule has 0 aliphatic rings. The summed E-state index contributed by atoms with van der Waals surface area (Å²) in [5, 5.41) is 2.61. The maximum absolute atomic E-state index is 6.01. The van der Waals surface area contributed by atoms with Gasteiger partial charge in [0, 0.05) is 12.6 Å². The van der Waals surface area contributed by atoms with Crippen LogP contribution < -0.4 is 5.73 Å². The summed E-state index contributed by atoms with van der Waals surface area (Å²) in [6.07, 6.45) is 0. The third-order valence-electron chi connectivity index (χ3n) is 3.66. The van der Waals surface area contributed by atoms with E-state index in [1.807, 2.05) is 0 Å². The van der Waals surface area contributed by atoms with E-state index in [1.165, 1.54) is 16.3 Å². The van der Waals surface area contributed by atoms with Gasteiger partial charge < -0.3 is 5.73 Å². The lowest BCUT2D eigenvalue weighted by molar-refractivity contribution is 0.225. The van der Waals surface area contributed by atoms with Gasteiger partial charge in [0.15, 0.2) is 0 Å². The summed E-state index contributed by atoms with van der Waals surface area (Å²) in [4.78, 5) is 2.42. The van der Waals surface area contributed by atoms with Crippen molar-refractivity contribution in [3.63, 3.8) is 0 Å². The topological polar surface area (TPSA) is 29.3 Å². The highest BCUT2D eigenvalue weighted by atomic mass is 15.2. The second kappa shape index (κ2) is 5.98. The molecule has 2 rings (SSSR count). The smallest absolute Gasteiger partial charge is 0.0476 e. The SMILES string of the molecule is CCN(CC)C(CN)c1cccc2ccccc12. The first-order chi connectivity index (χ1) is 8.81. The molecule has 2 heteroatoms. The Morgan fingerprint density at radius 1 is 1.00 bits per heavy atom. The third-order valence-corrected chi connectivity index (χ3v) is 3.66. The minimum atomic E-state index is 0.311. The Hall–Kier alpha value is -1.38. The molecule has 0 heterocycles. The number of rotatable bonds is 5. The zero-order valence-electron chi connectivity index (χ0n) is 11.3. The van der Waals surface area contributed by atoms with Gasteiger partial charge >= 0.3 is 0 Å². The van der Waals surface area contributed by atoms with Gasteiger partial charge in [0.1, 0.15) is 0 Å². The molecule has 0 aliphatic heterocycles. The molecule has 0 bridgehead atoms. The van der Waals surface area contributed by atoms with Crippen molar-refractivity contribution < 1.29 is 0 Å². The van der Waals surface area contributed by atoms with Gasteiger partial charge in [-0.2, -0.15) is 0 Å². The van der Waals surface area contributed by atoms with Crippen LogP contribution in [0.5, 0.6) is 0 Å². The molecule has 0 saturated heterocycles. The van der Waals surface area contributed by atoms with E-state index in [0.717, 1.165) is 13.1 Å². The molecule has 2 nitrogen and oxygen atoms in total. The maximum atomic E-state index is 6.01. The first kappa shape index (κ1) is 13.1. The highest BCUT2D eigenvalue weighted by Gasteiger charge is 2.17. The fraction of sp³-hybridized carbons (Fsp3) is 0.375. The lowest BCUT2D eigenvalue weighted by atomic mass is 9.97. The molecule has 0 fully saturated rings. The van der Waals surface area contributed by atoms with Gasteiger partial charge in [0.2, 0.25) is 0 Å². The minimum absolute atomic E-state index is 0.311. The van der Waals surface area contributed by atoms with Crippen LogP contribution in [-0.4, -0.2) is 24.5 Å². The molecular weight excluding hydrogens is 220 g/mol. The van der Waals surface area contributed by atoms with E-state index < -0.39 is 0 Å².